The van der Waals surface area contributed by atoms with Crippen molar-refractivity contribution in [2.24, 2.45) is 0 Å². The van der Waals surface area contributed by atoms with Gasteiger partial charge in [0.05, 0.1) is 22.1 Å². The van der Waals surface area contributed by atoms with Gasteiger partial charge in [0, 0.05) is 0 Å². The van der Waals surface area contributed by atoms with E-state index in [4.69, 9.17) is 5.11 Å². The molecule has 1 aromatic carbocycles. The second kappa shape index (κ2) is 5.28. The molecule has 1 atom stereocenters. The van der Waals surface area contributed by atoms with Gasteiger partial charge < -0.3 is 10.2 Å². The Bertz CT molecular complexity index is 560. The lowest BCUT2D eigenvalue weighted by Crippen LogP contribution is -2.50. The minimum Gasteiger partial charge on any atom is -0.478 e. The summed E-state index contributed by atoms with van der Waals surface area (Å²) in [5, 5.41) is 18.2. The van der Waals surface area contributed by atoms with E-state index in [0.29, 0.717) is 0 Å². The first-order chi connectivity index (χ1) is 8.56. The third-order valence-corrected chi connectivity index (χ3v) is 4.54. The van der Waals surface area contributed by atoms with Gasteiger partial charge in [0.2, 0.25) is 10.0 Å². The number of hydrogen-bond donors (Lipinski definition) is 3. The van der Waals surface area contributed by atoms with Crippen molar-refractivity contribution in [3.63, 3.8) is 0 Å². The van der Waals surface area contributed by atoms with Crippen molar-refractivity contribution in [3.8, 4) is 0 Å². The first-order valence-electron chi connectivity index (χ1n) is 5.61. The quantitative estimate of drug-likeness (QED) is 0.744. The fourth-order valence-corrected chi connectivity index (χ4v) is 2.74. The summed E-state index contributed by atoms with van der Waals surface area (Å²) in [4.78, 5) is 10.6. The third-order valence-electron chi connectivity index (χ3n) is 2.85. The third kappa shape index (κ3) is 3.76. The fraction of sp³-hybridized carbons (Fsp3) is 0.417. The van der Waals surface area contributed by atoms with E-state index in [1.54, 1.807) is 13.8 Å². The molecule has 0 saturated carbocycles. The Labute approximate surface area is 112 Å². The lowest BCUT2D eigenvalue weighted by Gasteiger charge is -2.28. The summed E-state index contributed by atoms with van der Waals surface area (Å²) in [5.74, 6) is -1.12. The van der Waals surface area contributed by atoms with E-state index in [1.807, 2.05) is 0 Å². The Kier molecular flexibility index (Phi) is 4.34. The Morgan fingerprint density at radius 1 is 1.26 bits per heavy atom. The molecule has 0 fully saturated rings. The molecule has 106 valence electrons. The highest BCUT2D eigenvalue weighted by Crippen LogP contribution is 2.16. The van der Waals surface area contributed by atoms with Crippen LogP contribution in [0, 0.1) is 0 Å². The molecule has 19 heavy (non-hydrogen) atoms. The van der Waals surface area contributed by atoms with Gasteiger partial charge in [-0.1, -0.05) is 0 Å². The van der Waals surface area contributed by atoms with Crippen LogP contribution < -0.4 is 4.72 Å². The summed E-state index contributed by atoms with van der Waals surface area (Å²) in [6, 6.07) is 4.85. The summed E-state index contributed by atoms with van der Waals surface area (Å²) in [5.41, 5.74) is -1.02. The Balaban J connectivity index is 3.04. The highest BCUT2D eigenvalue weighted by atomic mass is 32.2. The highest BCUT2D eigenvalue weighted by Gasteiger charge is 2.30. The number of carboxylic acids is 1. The standard InChI is InChI=1S/C12H17NO5S/c1-8(14)12(2,3)13-19(17,18)10-6-4-9(5-7-10)11(15)16/h4-8,13-14H,1-3H3,(H,15,16). The van der Waals surface area contributed by atoms with Crippen molar-refractivity contribution in [3.05, 3.63) is 29.8 Å². The molecular formula is C12H17NO5S. The number of hydrogen-bond acceptors (Lipinski definition) is 4. The van der Waals surface area contributed by atoms with Gasteiger partial charge in [0.1, 0.15) is 0 Å². The zero-order valence-corrected chi connectivity index (χ0v) is 11.7. The first kappa shape index (κ1) is 15.6. The molecule has 0 heterocycles. The van der Waals surface area contributed by atoms with Crippen molar-refractivity contribution in [2.45, 2.75) is 37.3 Å². The first-order valence-corrected chi connectivity index (χ1v) is 7.10. The van der Waals surface area contributed by atoms with Gasteiger partial charge in [-0.15, -0.1) is 0 Å². The highest BCUT2D eigenvalue weighted by molar-refractivity contribution is 7.89. The topological polar surface area (TPSA) is 104 Å². The van der Waals surface area contributed by atoms with Crippen LogP contribution in [0.3, 0.4) is 0 Å². The smallest absolute Gasteiger partial charge is 0.335 e. The van der Waals surface area contributed by atoms with Crippen LogP contribution in [0.5, 0.6) is 0 Å². The van der Waals surface area contributed by atoms with Crippen LogP contribution in [0.2, 0.25) is 0 Å². The molecule has 0 saturated heterocycles. The lowest BCUT2D eigenvalue weighted by atomic mass is 10.0. The average Bonchev–Trinajstić information content (AvgIpc) is 2.27. The number of aliphatic hydroxyl groups is 1. The van der Waals surface area contributed by atoms with Crippen LogP contribution in [0.25, 0.3) is 0 Å². The average molecular weight is 287 g/mol. The molecule has 0 bridgehead atoms. The van der Waals surface area contributed by atoms with E-state index < -0.39 is 27.6 Å². The van der Waals surface area contributed by atoms with Crippen LogP contribution in [0.4, 0.5) is 0 Å². The van der Waals surface area contributed by atoms with E-state index in [0.717, 1.165) is 0 Å². The van der Waals surface area contributed by atoms with Gasteiger partial charge in [0.15, 0.2) is 0 Å². The molecule has 0 aliphatic carbocycles. The summed E-state index contributed by atoms with van der Waals surface area (Å²) in [6.07, 6.45) is -0.874. The van der Waals surface area contributed by atoms with E-state index in [1.165, 1.54) is 31.2 Å². The molecule has 0 aliphatic heterocycles. The van der Waals surface area contributed by atoms with E-state index >= 15 is 0 Å². The van der Waals surface area contributed by atoms with Crippen LogP contribution in [-0.2, 0) is 10.0 Å². The van der Waals surface area contributed by atoms with Crippen LogP contribution in [0.1, 0.15) is 31.1 Å². The van der Waals surface area contributed by atoms with Gasteiger partial charge in [-0.2, -0.15) is 0 Å². The molecule has 1 aromatic rings. The zero-order valence-electron chi connectivity index (χ0n) is 10.9. The molecule has 3 N–H and O–H groups in total. The number of benzene rings is 1. The molecule has 7 heteroatoms. The number of aliphatic hydroxyl groups excluding tert-OH is 1. The minimum atomic E-state index is -3.81. The summed E-state index contributed by atoms with van der Waals surface area (Å²) in [6.45, 7) is 4.59. The zero-order chi connectivity index (χ0) is 14.8. The molecule has 0 aromatic heterocycles. The summed E-state index contributed by atoms with van der Waals surface area (Å²) >= 11 is 0. The number of aromatic carboxylic acids is 1. The molecular weight excluding hydrogens is 270 g/mol. The molecule has 0 radical (unpaired) electrons. The van der Waals surface area contributed by atoms with Crippen molar-refractivity contribution in [1.29, 1.82) is 0 Å². The number of carbonyl (C=O) groups is 1. The molecule has 0 spiro atoms. The van der Waals surface area contributed by atoms with Gasteiger partial charge >= 0.3 is 5.97 Å². The summed E-state index contributed by atoms with van der Waals surface area (Å²) in [7, 11) is -3.81. The van der Waals surface area contributed by atoms with Crippen molar-refractivity contribution in [2.75, 3.05) is 0 Å². The molecule has 0 aliphatic rings. The molecule has 0 amide bonds. The van der Waals surface area contributed by atoms with Gasteiger partial charge in [-0.3, -0.25) is 0 Å². The number of sulfonamides is 1. The van der Waals surface area contributed by atoms with Gasteiger partial charge in [-0.25, -0.2) is 17.9 Å². The largest absolute Gasteiger partial charge is 0.478 e. The SMILES string of the molecule is CC(O)C(C)(C)NS(=O)(=O)c1ccc(C(=O)O)cc1. The predicted octanol–water partition coefficient (Wildman–Crippen LogP) is 0.822. The molecule has 1 rings (SSSR count). The second-order valence-electron chi connectivity index (χ2n) is 4.83. The Morgan fingerprint density at radius 3 is 2.11 bits per heavy atom. The normalized spacial score (nSPS) is 14.1. The predicted molar refractivity (Wildman–Crippen MR) is 69.5 cm³/mol. The maximum atomic E-state index is 12.1. The Hall–Kier alpha value is -1.44. The Morgan fingerprint density at radius 2 is 1.74 bits per heavy atom. The van der Waals surface area contributed by atoms with Crippen molar-refractivity contribution >= 4 is 16.0 Å². The van der Waals surface area contributed by atoms with Crippen molar-refractivity contribution in [1.82, 2.24) is 4.72 Å². The van der Waals surface area contributed by atoms with Crippen LogP contribution in [0.15, 0.2) is 29.2 Å². The monoisotopic (exact) mass is 287 g/mol. The maximum Gasteiger partial charge on any atom is 0.335 e. The second-order valence-corrected chi connectivity index (χ2v) is 6.52. The summed E-state index contributed by atoms with van der Waals surface area (Å²) < 4.78 is 26.5. The van der Waals surface area contributed by atoms with Crippen LogP contribution >= 0.6 is 0 Å². The molecule has 6 nitrogen and oxygen atoms in total. The van der Waals surface area contributed by atoms with Gasteiger partial charge in [0.25, 0.3) is 0 Å². The van der Waals surface area contributed by atoms with Gasteiger partial charge in [-0.05, 0) is 45.0 Å². The van der Waals surface area contributed by atoms with Crippen LogP contribution in [-0.4, -0.2) is 36.2 Å². The maximum absolute atomic E-state index is 12.1. The number of rotatable bonds is 5. The molecule has 1 unspecified atom stereocenters. The number of carboxylic acid groups (broad SMARTS) is 1. The number of nitrogens with one attached hydrogen (secondary N) is 1. The van der Waals surface area contributed by atoms with E-state index in [-0.39, 0.29) is 10.5 Å². The van der Waals surface area contributed by atoms with E-state index in [9.17, 15) is 18.3 Å². The minimum absolute atomic E-state index is 0.00809. The van der Waals surface area contributed by atoms with E-state index in [2.05, 4.69) is 4.72 Å². The van der Waals surface area contributed by atoms with Crippen molar-refractivity contribution < 1.29 is 23.4 Å². The fourth-order valence-electron chi connectivity index (χ4n) is 1.27. The lowest BCUT2D eigenvalue weighted by molar-refractivity contribution is 0.0696.